The molecule has 0 saturated heterocycles. The molecule has 80 valence electrons. The minimum Gasteiger partial charge on any atom is -0.496 e. The molecular formula is C12H14O3. The summed E-state index contributed by atoms with van der Waals surface area (Å²) in [7, 11) is 3.06. The molecule has 0 atom stereocenters. The van der Waals surface area contributed by atoms with E-state index in [1.165, 1.54) is 20.3 Å². The van der Waals surface area contributed by atoms with Crippen LogP contribution in [0.25, 0.3) is 0 Å². The fourth-order valence-electron chi connectivity index (χ4n) is 1.33. The Labute approximate surface area is 89.3 Å². The Balaban J connectivity index is 3.27. The zero-order valence-corrected chi connectivity index (χ0v) is 9.11. The molecule has 0 bridgehead atoms. The lowest BCUT2D eigenvalue weighted by Crippen LogP contribution is -2.02. The lowest BCUT2D eigenvalue weighted by atomic mass is 10.1. The summed E-state index contributed by atoms with van der Waals surface area (Å²) in [6.45, 7) is 1.79. The van der Waals surface area contributed by atoms with Gasteiger partial charge in [-0.05, 0) is 25.1 Å². The third-order valence-corrected chi connectivity index (χ3v) is 1.99. The summed E-state index contributed by atoms with van der Waals surface area (Å²) in [5.74, 6) is 0.932. The second-order valence-corrected chi connectivity index (χ2v) is 2.90. The fourth-order valence-corrected chi connectivity index (χ4v) is 1.33. The van der Waals surface area contributed by atoms with Crippen molar-refractivity contribution in [2.24, 2.45) is 0 Å². The van der Waals surface area contributed by atoms with Crippen LogP contribution in [0.4, 0.5) is 0 Å². The number of hydrogen-bond donors (Lipinski definition) is 0. The summed E-state index contributed by atoms with van der Waals surface area (Å²) in [4.78, 5) is 11.8. The smallest absolute Gasteiger partial charge is 0.192 e. The topological polar surface area (TPSA) is 35.5 Å². The minimum atomic E-state index is -0.119. The van der Waals surface area contributed by atoms with E-state index in [9.17, 15) is 4.79 Å². The van der Waals surface area contributed by atoms with Crippen LogP contribution in [0.15, 0.2) is 30.4 Å². The quantitative estimate of drug-likeness (QED) is 0.560. The number of rotatable bonds is 4. The average molecular weight is 206 g/mol. The minimum absolute atomic E-state index is 0.119. The summed E-state index contributed by atoms with van der Waals surface area (Å²) in [6.07, 6.45) is 3.18. The van der Waals surface area contributed by atoms with E-state index >= 15 is 0 Å². The molecule has 3 nitrogen and oxygen atoms in total. The molecular weight excluding hydrogens is 192 g/mol. The molecule has 15 heavy (non-hydrogen) atoms. The van der Waals surface area contributed by atoms with Crippen molar-refractivity contribution >= 4 is 5.78 Å². The van der Waals surface area contributed by atoms with Crippen LogP contribution in [0.3, 0.4) is 0 Å². The predicted molar refractivity (Wildman–Crippen MR) is 58.7 cm³/mol. The van der Waals surface area contributed by atoms with E-state index in [2.05, 4.69) is 0 Å². The van der Waals surface area contributed by atoms with Gasteiger partial charge in [-0.15, -0.1) is 0 Å². The van der Waals surface area contributed by atoms with Gasteiger partial charge in [-0.25, -0.2) is 0 Å². The van der Waals surface area contributed by atoms with Crippen LogP contribution in [0.2, 0.25) is 0 Å². The molecule has 0 radical (unpaired) electrons. The molecule has 0 aliphatic carbocycles. The highest BCUT2D eigenvalue weighted by molar-refractivity contribution is 6.08. The highest BCUT2D eigenvalue weighted by Gasteiger charge is 2.15. The second-order valence-electron chi connectivity index (χ2n) is 2.90. The van der Waals surface area contributed by atoms with Crippen LogP contribution >= 0.6 is 0 Å². The molecule has 1 rings (SSSR count). The Bertz CT molecular complexity index is 358. The van der Waals surface area contributed by atoms with Gasteiger partial charge in [-0.3, -0.25) is 4.79 Å². The van der Waals surface area contributed by atoms with E-state index in [4.69, 9.17) is 9.47 Å². The molecule has 0 N–H and O–H groups in total. The summed E-state index contributed by atoms with van der Waals surface area (Å²) in [5, 5.41) is 0. The molecule has 0 unspecified atom stereocenters. The van der Waals surface area contributed by atoms with Crippen molar-refractivity contribution < 1.29 is 14.3 Å². The maximum absolute atomic E-state index is 11.8. The molecule has 1 aromatic carbocycles. The predicted octanol–water partition coefficient (Wildman–Crippen LogP) is 2.46. The van der Waals surface area contributed by atoms with Crippen LogP contribution in [0, 0.1) is 0 Å². The Hall–Kier alpha value is -1.77. The molecule has 0 fully saturated rings. The number of carbonyl (C=O) groups is 1. The van der Waals surface area contributed by atoms with Gasteiger partial charge in [-0.2, -0.15) is 0 Å². The summed E-state index contributed by atoms with van der Waals surface area (Å²) < 4.78 is 10.2. The first-order valence-corrected chi connectivity index (χ1v) is 4.62. The highest BCUT2D eigenvalue weighted by atomic mass is 16.5. The van der Waals surface area contributed by atoms with Crippen molar-refractivity contribution in [1.29, 1.82) is 0 Å². The number of methoxy groups -OCH3 is 2. The van der Waals surface area contributed by atoms with E-state index in [0.29, 0.717) is 17.1 Å². The Morgan fingerprint density at radius 1 is 1.20 bits per heavy atom. The molecule has 0 saturated carbocycles. The van der Waals surface area contributed by atoms with Crippen molar-refractivity contribution in [3.8, 4) is 11.5 Å². The molecule has 0 heterocycles. The van der Waals surface area contributed by atoms with Crippen molar-refractivity contribution in [3.63, 3.8) is 0 Å². The maximum Gasteiger partial charge on any atom is 0.192 e. The summed E-state index contributed by atoms with van der Waals surface area (Å²) in [6, 6.07) is 5.25. The van der Waals surface area contributed by atoms with Crippen LogP contribution in [0.5, 0.6) is 11.5 Å². The van der Waals surface area contributed by atoms with Crippen LogP contribution in [-0.2, 0) is 0 Å². The monoisotopic (exact) mass is 206 g/mol. The summed E-state index contributed by atoms with van der Waals surface area (Å²) in [5.41, 5.74) is 0.459. The van der Waals surface area contributed by atoms with Gasteiger partial charge in [0.25, 0.3) is 0 Å². The van der Waals surface area contributed by atoms with E-state index in [0.717, 1.165) is 0 Å². The average Bonchev–Trinajstić information content (AvgIpc) is 2.28. The van der Waals surface area contributed by atoms with Crippen LogP contribution < -0.4 is 9.47 Å². The van der Waals surface area contributed by atoms with Crippen LogP contribution in [-0.4, -0.2) is 20.0 Å². The molecule has 0 amide bonds. The van der Waals surface area contributed by atoms with Crippen LogP contribution in [0.1, 0.15) is 17.3 Å². The maximum atomic E-state index is 11.8. The molecule has 3 heteroatoms. The zero-order chi connectivity index (χ0) is 11.3. The van der Waals surface area contributed by atoms with Gasteiger partial charge in [-0.1, -0.05) is 12.1 Å². The largest absolute Gasteiger partial charge is 0.496 e. The van der Waals surface area contributed by atoms with Crippen molar-refractivity contribution in [3.05, 3.63) is 35.9 Å². The number of carbonyl (C=O) groups excluding carboxylic acids is 1. The van der Waals surface area contributed by atoms with Crippen molar-refractivity contribution in [2.45, 2.75) is 6.92 Å². The van der Waals surface area contributed by atoms with E-state index in [1.54, 1.807) is 31.2 Å². The molecule has 0 aromatic heterocycles. The lowest BCUT2D eigenvalue weighted by molar-refractivity contribution is 0.104. The van der Waals surface area contributed by atoms with Gasteiger partial charge in [0.15, 0.2) is 5.78 Å². The van der Waals surface area contributed by atoms with Gasteiger partial charge in [0.05, 0.1) is 14.2 Å². The standard InChI is InChI=1S/C12H14O3/c1-4-6-9(13)12-10(14-2)7-5-8-11(12)15-3/h4-8H,1-3H3. The van der Waals surface area contributed by atoms with Gasteiger partial charge in [0, 0.05) is 0 Å². The molecule has 1 aromatic rings. The molecule has 0 aliphatic heterocycles. The number of ether oxygens (including phenoxy) is 2. The van der Waals surface area contributed by atoms with E-state index in [1.807, 2.05) is 0 Å². The third-order valence-electron chi connectivity index (χ3n) is 1.99. The third kappa shape index (κ3) is 2.37. The van der Waals surface area contributed by atoms with E-state index < -0.39 is 0 Å². The van der Waals surface area contributed by atoms with Gasteiger partial charge >= 0.3 is 0 Å². The van der Waals surface area contributed by atoms with Gasteiger partial charge in [0.2, 0.25) is 0 Å². The van der Waals surface area contributed by atoms with Gasteiger partial charge < -0.3 is 9.47 Å². The lowest BCUT2D eigenvalue weighted by Gasteiger charge is -2.09. The van der Waals surface area contributed by atoms with Gasteiger partial charge in [0.1, 0.15) is 17.1 Å². The fraction of sp³-hybridized carbons (Fsp3) is 0.250. The SMILES string of the molecule is CC=CC(=O)c1c(OC)cccc1OC. The Morgan fingerprint density at radius 3 is 2.13 bits per heavy atom. The van der Waals surface area contributed by atoms with Crippen molar-refractivity contribution in [1.82, 2.24) is 0 Å². The Morgan fingerprint density at radius 2 is 1.73 bits per heavy atom. The first kappa shape index (κ1) is 11.3. The first-order chi connectivity index (χ1) is 7.24. The van der Waals surface area contributed by atoms with E-state index in [-0.39, 0.29) is 5.78 Å². The number of allylic oxidation sites excluding steroid dienone is 2. The second kappa shape index (κ2) is 5.20. The Kier molecular flexibility index (Phi) is 3.92. The van der Waals surface area contributed by atoms with Crippen molar-refractivity contribution in [2.75, 3.05) is 14.2 Å². The number of hydrogen-bond acceptors (Lipinski definition) is 3. The normalized spacial score (nSPS) is 10.3. The number of benzene rings is 1. The number of ketones is 1. The molecule has 0 aliphatic rings. The first-order valence-electron chi connectivity index (χ1n) is 4.62. The molecule has 0 spiro atoms. The summed E-state index contributed by atoms with van der Waals surface area (Å²) >= 11 is 0. The zero-order valence-electron chi connectivity index (χ0n) is 9.11. The highest BCUT2D eigenvalue weighted by Crippen LogP contribution is 2.28.